The van der Waals surface area contributed by atoms with Crippen LogP contribution in [0.2, 0.25) is 0 Å². The lowest BCUT2D eigenvalue weighted by Gasteiger charge is -2.13. The van der Waals surface area contributed by atoms with E-state index in [4.69, 9.17) is 4.74 Å². The van der Waals surface area contributed by atoms with Gasteiger partial charge < -0.3 is 10.1 Å². The molecule has 1 unspecified atom stereocenters. The molecule has 0 aromatic carbocycles. The number of carbonyl (C=O) groups is 1. The van der Waals surface area contributed by atoms with Crippen LogP contribution in [-0.2, 0) is 18.0 Å². The van der Waals surface area contributed by atoms with E-state index >= 15 is 0 Å². The maximum absolute atomic E-state index is 12.8. The van der Waals surface area contributed by atoms with Crippen molar-refractivity contribution >= 4 is 17.2 Å². The molecule has 132 valence electrons. The Labute approximate surface area is 141 Å². The zero-order valence-corrected chi connectivity index (χ0v) is 14.3. The number of aromatic nitrogens is 2. The summed E-state index contributed by atoms with van der Waals surface area (Å²) in [7, 11) is 2.81. The third-order valence-corrected chi connectivity index (χ3v) is 4.64. The van der Waals surface area contributed by atoms with Crippen LogP contribution < -0.4 is 5.32 Å². The van der Waals surface area contributed by atoms with Crippen molar-refractivity contribution in [2.45, 2.75) is 25.6 Å². The maximum atomic E-state index is 12.8. The van der Waals surface area contributed by atoms with Gasteiger partial charge in [0.1, 0.15) is 11.4 Å². The van der Waals surface area contributed by atoms with Gasteiger partial charge in [0.2, 0.25) is 0 Å². The first-order valence-corrected chi connectivity index (χ1v) is 8.10. The second-order valence-corrected chi connectivity index (χ2v) is 6.26. The fourth-order valence-corrected chi connectivity index (χ4v) is 3.02. The van der Waals surface area contributed by atoms with Crippen LogP contribution in [0.15, 0.2) is 18.2 Å². The topological polar surface area (TPSA) is 56.2 Å². The number of nitrogens with one attached hydrogen (secondary N) is 1. The molecule has 2 heterocycles. The van der Waals surface area contributed by atoms with E-state index in [9.17, 15) is 18.0 Å². The normalized spacial score (nSPS) is 13.1. The number of rotatable bonds is 6. The summed E-state index contributed by atoms with van der Waals surface area (Å²) in [5.41, 5.74) is -0.639. The first-order valence-electron chi connectivity index (χ1n) is 7.28. The first kappa shape index (κ1) is 18.5. The highest BCUT2D eigenvalue weighted by molar-refractivity contribution is 7.17. The van der Waals surface area contributed by atoms with Crippen molar-refractivity contribution in [2.24, 2.45) is 7.05 Å². The Bertz CT molecular complexity index is 705. The Hall–Kier alpha value is -1.87. The lowest BCUT2D eigenvalue weighted by atomic mass is 10.2. The van der Waals surface area contributed by atoms with Gasteiger partial charge in [-0.25, -0.2) is 0 Å². The molecule has 1 amide bonds. The summed E-state index contributed by atoms with van der Waals surface area (Å²) in [6.45, 7) is 2.32. The molecule has 0 bridgehead atoms. The predicted molar refractivity (Wildman–Crippen MR) is 84.9 cm³/mol. The molecule has 0 saturated carbocycles. The lowest BCUT2D eigenvalue weighted by Crippen LogP contribution is -2.32. The van der Waals surface area contributed by atoms with Gasteiger partial charge in [-0.05, 0) is 24.6 Å². The summed E-state index contributed by atoms with van der Waals surface area (Å²) in [4.78, 5) is 13.0. The summed E-state index contributed by atoms with van der Waals surface area (Å²) < 4.78 is 44.4. The summed E-state index contributed by atoms with van der Waals surface area (Å²) in [5.74, 6) is -0.284. The third-order valence-electron chi connectivity index (χ3n) is 3.53. The number of methoxy groups -OCH3 is 1. The fraction of sp³-hybridized carbons (Fsp3) is 0.467. The Morgan fingerprint density at radius 1 is 1.46 bits per heavy atom. The SMILES string of the molecule is CCC(CNC(=O)c1ccc(-c2cc(C(F)(F)F)n(C)n2)s1)OC. The van der Waals surface area contributed by atoms with Crippen molar-refractivity contribution < 1.29 is 22.7 Å². The molecule has 1 atom stereocenters. The number of alkyl halides is 3. The molecule has 2 aromatic rings. The number of halogens is 3. The minimum atomic E-state index is -4.47. The van der Waals surface area contributed by atoms with Crippen LogP contribution in [-0.4, -0.2) is 35.4 Å². The predicted octanol–water partition coefficient (Wildman–Crippen LogP) is 3.32. The first-order chi connectivity index (χ1) is 11.3. The van der Waals surface area contributed by atoms with Crippen LogP contribution in [0.1, 0.15) is 28.7 Å². The molecule has 0 spiro atoms. The van der Waals surface area contributed by atoms with E-state index in [1.165, 1.54) is 7.05 Å². The molecule has 0 aliphatic heterocycles. The van der Waals surface area contributed by atoms with E-state index in [0.717, 1.165) is 28.5 Å². The molecule has 0 aliphatic carbocycles. The van der Waals surface area contributed by atoms with Gasteiger partial charge >= 0.3 is 6.18 Å². The molecule has 9 heteroatoms. The van der Waals surface area contributed by atoms with Crippen molar-refractivity contribution in [1.82, 2.24) is 15.1 Å². The van der Waals surface area contributed by atoms with Gasteiger partial charge in [-0.15, -0.1) is 11.3 Å². The van der Waals surface area contributed by atoms with E-state index in [-0.39, 0.29) is 17.7 Å². The molecular formula is C15H18F3N3O2S. The third kappa shape index (κ3) is 4.15. The Balaban J connectivity index is 2.12. The van der Waals surface area contributed by atoms with E-state index in [1.807, 2.05) is 6.92 Å². The second kappa shape index (κ2) is 7.35. The lowest BCUT2D eigenvalue weighted by molar-refractivity contribution is -0.143. The molecule has 1 N–H and O–H groups in total. The molecular weight excluding hydrogens is 343 g/mol. The van der Waals surface area contributed by atoms with Crippen LogP contribution in [0.25, 0.3) is 10.6 Å². The van der Waals surface area contributed by atoms with Gasteiger partial charge in [-0.2, -0.15) is 18.3 Å². The Morgan fingerprint density at radius 3 is 2.71 bits per heavy atom. The minimum absolute atomic E-state index is 0.0708. The number of nitrogens with zero attached hydrogens (tertiary/aromatic N) is 2. The number of carbonyl (C=O) groups excluding carboxylic acids is 1. The number of thiophene rings is 1. The summed E-state index contributed by atoms with van der Waals surface area (Å²) in [5, 5.41) is 6.62. The second-order valence-electron chi connectivity index (χ2n) is 5.18. The molecule has 2 aromatic heterocycles. The van der Waals surface area contributed by atoms with Crippen molar-refractivity contribution in [1.29, 1.82) is 0 Å². The van der Waals surface area contributed by atoms with E-state index < -0.39 is 11.9 Å². The number of ether oxygens (including phenoxy) is 1. The minimum Gasteiger partial charge on any atom is -0.380 e. The molecule has 0 fully saturated rings. The van der Waals surface area contributed by atoms with Crippen molar-refractivity contribution in [3.8, 4) is 10.6 Å². The maximum Gasteiger partial charge on any atom is 0.433 e. The van der Waals surface area contributed by atoms with Crippen LogP contribution in [0, 0.1) is 0 Å². The van der Waals surface area contributed by atoms with Gasteiger partial charge in [0, 0.05) is 20.7 Å². The number of hydrogen-bond acceptors (Lipinski definition) is 4. The van der Waals surface area contributed by atoms with Gasteiger partial charge in [0.25, 0.3) is 5.91 Å². The smallest absolute Gasteiger partial charge is 0.380 e. The Kier molecular flexibility index (Phi) is 5.66. The van der Waals surface area contributed by atoms with Crippen LogP contribution in [0.4, 0.5) is 13.2 Å². The Morgan fingerprint density at radius 2 is 2.17 bits per heavy atom. The summed E-state index contributed by atoms with van der Waals surface area (Å²) >= 11 is 1.10. The van der Waals surface area contributed by atoms with Gasteiger partial charge in [-0.3, -0.25) is 9.48 Å². The number of amides is 1. The van der Waals surface area contributed by atoms with Crippen molar-refractivity contribution in [2.75, 3.05) is 13.7 Å². The highest BCUT2D eigenvalue weighted by Crippen LogP contribution is 2.34. The summed E-state index contributed by atoms with van der Waals surface area (Å²) in [6.07, 6.45) is -3.77. The highest BCUT2D eigenvalue weighted by Gasteiger charge is 2.35. The van der Waals surface area contributed by atoms with Crippen LogP contribution in [0.5, 0.6) is 0 Å². The average Bonchev–Trinajstić information content (AvgIpc) is 3.14. The fourth-order valence-electron chi connectivity index (χ4n) is 2.14. The van der Waals surface area contributed by atoms with Crippen molar-refractivity contribution in [3.63, 3.8) is 0 Å². The zero-order valence-electron chi connectivity index (χ0n) is 13.5. The van der Waals surface area contributed by atoms with E-state index in [2.05, 4.69) is 10.4 Å². The summed E-state index contributed by atoms with van der Waals surface area (Å²) in [6, 6.07) is 4.15. The molecule has 5 nitrogen and oxygen atoms in total. The highest BCUT2D eigenvalue weighted by atomic mass is 32.1. The van der Waals surface area contributed by atoms with Crippen molar-refractivity contribution in [3.05, 3.63) is 28.8 Å². The molecule has 24 heavy (non-hydrogen) atoms. The zero-order chi connectivity index (χ0) is 17.9. The largest absolute Gasteiger partial charge is 0.433 e. The standard InChI is InChI=1S/C15H18F3N3O2S/c1-4-9(23-3)8-19-14(22)12-6-5-11(24-12)10-7-13(15(16,17)18)21(2)20-10/h5-7,9H,4,8H2,1-3H3,(H,19,22). The molecule has 0 radical (unpaired) electrons. The molecule has 0 aliphatic rings. The van der Waals surface area contributed by atoms with E-state index in [1.54, 1.807) is 19.2 Å². The van der Waals surface area contributed by atoms with Gasteiger partial charge in [0.05, 0.1) is 15.9 Å². The number of aryl methyl sites for hydroxylation is 1. The van der Waals surface area contributed by atoms with Crippen LogP contribution in [0.3, 0.4) is 0 Å². The van der Waals surface area contributed by atoms with E-state index in [0.29, 0.717) is 16.3 Å². The van der Waals surface area contributed by atoms with Gasteiger partial charge in [-0.1, -0.05) is 6.92 Å². The monoisotopic (exact) mass is 361 g/mol. The van der Waals surface area contributed by atoms with Crippen LogP contribution >= 0.6 is 11.3 Å². The quantitative estimate of drug-likeness (QED) is 0.859. The average molecular weight is 361 g/mol. The van der Waals surface area contributed by atoms with Gasteiger partial charge in [0.15, 0.2) is 0 Å². The molecule has 2 rings (SSSR count). The number of hydrogen-bond donors (Lipinski definition) is 1. The molecule has 0 saturated heterocycles.